The molecule has 1 heterocycles. The average Bonchev–Trinajstić information content (AvgIpc) is 2.77. The third-order valence-electron chi connectivity index (χ3n) is 2.46. The lowest BCUT2D eigenvalue weighted by molar-refractivity contribution is 0.414. The predicted molar refractivity (Wildman–Crippen MR) is 63.9 cm³/mol. The summed E-state index contributed by atoms with van der Waals surface area (Å²) in [5, 5.41) is 7.34. The van der Waals surface area contributed by atoms with Crippen LogP contribution < -0.4 is 10.1 Å². The zero-order chi connectivity index (χ0) is 11.4. The third kappa shape index (κ3) is 2.16. The van der Waals surface area contributed by atoms with E-state index in [1.54, 1.807) is 13.3 Å². The van der Waals surface area contributed by atoms with Crippen molar-refractivity contribution in [2.75, 3.05) is 19.5 Å². The van der Waals surface area contributed by atoms with Crippen molar-refractivity contribution in [3.63, 3.8) is 0 Å². The van der Waals surface area contributed by atoms with Crippen molar-refractivity contribution >= 4 is 5.82 Å². The third-order valence-corrected chi connectivity index (χ3v) is 2.46. The van der Waals surface area contributed by atoms with Gasteiger partial charge in [0.1, 0.15) is 11.6 Å². The molecule has 0 fully saturated rings. The number of nitrogens with zero attached hydrogens (tertiary/aromatic N) is 2. The van der Waals surface area contributed by atoms with Gasteiger partial charge in [-0.2, -0.15) is 5.10 Å². The van der Waals surface area contributed by atoms with Crippen molar-refractivity contribution < 1.29 is 4.74 Å². The van der Waals surface area contributed by atoms with Crippen molar-refractivity contribution in [1.82, 2.24) is 9.78 Å². The summed E-state index contributed by atoms with van der Waals surface area (Å²) in [4.78, 5) is 0. The molecule has 4 heteroatoms. The Kier molecular flexibility index (Phi) is 3.10. The fourth-order valence-electron chi connectivity index (χ4n) is 1.57. The molecule has 0 spiro atoms. The number of hydrogen-bond donors (Lipinski definition) is 1. The van der Waals surface area contributed by atoms with Gasteiger partial charge in [0.2, 0.25) is 0 Å². The molecule has 0 aliphatic carbocycles. The highest BCUT2D eigenvalue weighted by Crippen LogP contribution is 2.14. The number of nitrogens with one attached hydrogen (secondary N) is 1. The van der Waals surface area contributed by atoms with Crippen molar-refractivity contribution in [2.24, 2.45) is 0 Å². The number of methoxy groups -OCH3 is 1. The second kappa shape index (κ2) is 4.70. The van der Waals surface area contributed by atoms with Gasteiger partial charge in [-0.25, -0.2) is 4.68 Å². The number of anilines is 1. The smallest absolute Gasteiger partial charge is 0.124 e. The Balaban J connectivity index is 2.14. The first-order chi connectivity index (χ1) is 7.83. The summed E-state index contributed by atoms with van der Waals surface area (Å²) < 4.78 is 7.03. The molecule has 0 atom stereocenters. The maximum Gasteiger partial charge on any atom is 0.124 e. The number of rotatable bonds is 4. The van der Waals surface area contributed by atoms with Gasteiger partial charge in [0.15, 0.2) is 0 Å². The zero-order valence-electron chi connectivity index (χ0n) is 9.47. The topological polar surface area (TPSA) is 39.1 Å². The Morgan fingerprint density at radius 2 is 2.00 bits per heavy atom. The van der Waals surface area contributed by atoms with Crippen LogP contribution in [0.15, 0.2) is 36.5 Å². The quantitative estimate of drug-likeness (QED) is 0.851. The first-order valence-electron chi connectivity index (χ1n) is 5.16. The molecule has 0 amide bonds. The van der Waals surface area contributed by atoms with E-state index in [2.05, 4.69) is 10.4 Å². The van der Waals surface area contributed by atoms with Crippen LogP contribution in [0.3, 0.4) is 0 Å². The Hall–Kier alpha value is -1.97. The molecule has 2 aromatic rings. The maximum atomic E-state index is 5.11. The highest BCUT2D eigenvalue weighted by molar-refractivity contribution is 5.34. The first-order valence-corrected chi connectivity index (χ1v) is 5.16. The van der Waals surface area contributed by atoms with Crippen LogP contribution in [0.5, 0.6) is 5.75 Å². The largest absolute Gasteiger partial charge is 0.497 e. The van der Waals surface area contributed by atoms with Crippen molar-refractivity contribution in [3.05, 3.63) is 42.1 Å². The lowest BCUT2D eigenvalue weighted by Crippen LogP contribution is -2.05. The normalized spacial score (nSPS) is 10.1. The number of ether oxygens (including phenoxy) is 1. The molecule has 0 aliphatic heterocycles. The summed E-state index contributed by atoms with van der Waals surface area (Å²) >= 11 is 0. The van der Waals surface area contributed by atoms with E-state index in [0.717, 1.165) is 18.1 Å². The summed E-state index contributed by atoms with van der Waals surface area (Å²) in [6.07, 6.45) is 1.79. The lowest BCUT2D eigenvalue weighted by Gasteiger charge is -2.07. The second-order valence-electron chi connectivity index (χ2n) is 3.47. The minimum absolute atomic E-state index is 0.757. The molecule has 1 aromatic heterocycles. The SMILES string of the molecule is CNc1ccnn1Cc1ccc(OC)cc1. The van der Waals surface area contributed by atoms with Gasteiger partial charge < -0.3 is 10.1 Å². The lowest BCUT2D eigenvalue weighted by atomic mass is 10.2. The summed E-state index contributed by atoms with van der Waals surface area (Å²) in [5.41, 5.74) is 1.20. The van der Waals surface area contributed by atoms with E-state index in [9.17, 15) is 0 Å². The predicted octanol–water partition coefficient (Wildman–Crippen LogP) is 1.98. The highest BCUT2D eigenvalue weighted by Gasteiger charge is 2.01. The highest BCUT2D eigenvalue weighted by atomic mass is 16.5. The van der Waals surface area contributed by atoms with Crippen LogP contribution in [0.4, 0.5) is 5.82 Å². The van der Waals surface area contributed by atoms with E-state index in [1.807, 2.05) is 42.1 Å². The molecule has 4 nitrogen and oxygen atoms in total. The van der Waals surface area contributed by atoms with Crippen LogP contribution in [-0.4, -0.2) is 23.9 Å². The molecule has 0 saturated heterocycles. The molecule has 0 bridgehead atoms. The molecule has 84 valence electrons. The van der Waals surface area contributed by atoms with Gasteiger partial charge in [-0.15, -0.1) is 0 Å². The van der Waals surface area contributed by atoms with Gasteiger partial charge >= 0.3 is 0 Å². The Morgan fingerprint density at radius 1 is 1.25 bits per heavy atom. The van der Waals surface area contributed by atoms with Crippen LogP contribution in [0.25, 0.3) is 0 Å². The first kappa shape index (κ1) is 10.5. The Labute approximate surface area is 94.9 Å². The van der Waals surface area contributed by atoms with Gasteiger partial charge in [0.25, 0.3) is 0 Å². The summed E-state index contributed by atoms with van der Waals surface area (Å²) in [6.45, 7) is 0.757. The van der Waals surface area contributed by atoms with Gasteiger partial charge in [-0.05, 0) is 17.7 Å². The molecule has 2 rings (SSSR count). The monoisotopic (exact) mass is 217 g/mol. The van der Waals surface area contributed by atoms with Gasteiger partial charge in [0.05, 0.1) is 19.9 Å². The summed E-state index contributed by atoms with van der Waals surface area (Å²) in [6, 6.07) is 9.94. The maximum absolute atomic E-state index is 5.11. The number of aromatic nitrogens is 2. The molecule has 1 N–H and O–H groups in total. The van der Waals surface area contributed by atoms with Crippen molar-refractivity contribution in [1.29, 1.82) is 0 Å². The van der Waals surface area contributed by atoms with Gasteiger partial charge in [-0.3, -0.25) is 0 Å². The summed E-state index contributed by atoms with van der Waals surface area (Å²) in [5.74, 6) is 1.88. The second-order valence-corrected chi connectivity index (χ2v) is 3.47. The fraction of sp³-hybridized carbons (Fsp3) is 0.250. The van der Waals surface area contributed by atoms with E-state index >= 15 is 0 Å². The van der Waals surface area contributed by atoms with E-state index < -0.39 is 0 Å². The van der Waals surface area contributed by atoms with Crippen LogP contribution in [0, 0.1) is 0 Å². The molecule has 0 aliphatic rings. The van der Waals surface area contributed by atoms with E-state index in [-0.39, 0.29) is 0 Å². The summed E-state index contributed by atoms with van der Waals surface area (Å²) in [7, 11) is 3.56. The minimum Gasteiger partial charge on any atom is -0.497 e. The van der Waals surface area contributed by atoms with Gasteiger partial charge in [0, 0.05) is 13.1 Å². The molecule has 0 saturated carbocycles. The molecule has 1 aromatic carbocycles. The number of benzene rings is 1. The molecule has 0 radical (unpaired) electrons. The Bertz CT molecular complexity index is 448. The molecule has 0 unspecified atom stereocenters. The fourth-order valence-corrected chi connectivity index (χ4v) is 1.57. The van der Waals surface area contributed by atoms with Crippen LogP contribution in [0.1, 0.15) is 5.56 Å². The van der Waals surface area contributed by atoms with Crippen molar-refractivity contribution in [2.45, 2.75) is 6.54 Å². The average molecular weight is 217 g/mol. The number of hydrogen-bond acceptors (Lipinski definition) is 3. The molecule has 16 heavy (non-hydrogen) atoms. The van der Waals surface area contributed by atoms with Gasteiger partial charge in [-0.1, -0.05) is 12.1 Å². The Morgan fingerprint density at radius 3 is 2.62 bits per heavy atom. The molecular formula is C12H15N3O. The zero-order valence-corrected chi connectivity index (χ0v) is 9.47. The van der Waals surface area contributed by atoms with Crippen LogP contribution in [-0.2, 0) is 6.54 Å². The van der Waals surface area contributed by atoms with Crippen molar-refractivity contribution in [3.8, 4) is 5.75 Å². The van der Waals surface area contributed by atoms with E-state index in [0.29, 0.717) is 0 Å². The molecular weight excluding hydrogens is 202 g/mol. The van der Waals surface area contributed by atoms with Crippen LogP contribution >= 0.6 is 0 Å². The van der Waals surface area contributed by atoms with E-state index in [4.69, 9.17) is 4.74 Å². The van der Waals surface area contributed by atoms with E-state index in [1.165, 1.54) is 5.56 Å². The minimum atomic E-state index is 0.757. The standard InChI is InChI=1S/C12H15N3O/c1-13-12-7-8-14-15(12)9-10-3-5-11(16-2)6-4-10/h3-8,13H,9H2,1-2H3. The van der Waals surface area contributed by atoms with Crippen LogP contribution in [0.2, 0.25) is 0 Å².